The Morgan fingerprint density at radius 1 is 1.35 bits per heavy atom. The lowest BCUT2D eigenvalue weighted by atomic mass is 10.2. The molecule has 0 saturated carbocycles. The van der Waals surface area contributed by atoms with E-state index in [4.69, 9.17) is 16.3 Å². The molecule has 1 heterocycles. The second-order valence-corrected chi connectivity index (χ2v) is 3.76. The molecule has 1 aromatic carbocycles. The van der Waals surface area contributed by atoms with Gasteiger partial charge in [-0.2, -0.15) is 0 Å². The molecule has 2 rings (SSSR count). The van der Waals surface area contributed by atoms with Crippen LogP contribution in [0, 0.1) is 6.92 Å². The molecule has 4 N–H and O–H groups in total. The summed E-state index contributed by atoms with van der Waals surface area (Å²) in [5.41, 5.74) is 6.63. The fraction of sp³-hybridized carbons (Fsp3) is 0.273. The molecule has 2 aromatic rings. The van der Waals surface area contributed by atoms with Crippen LogP contribution in [-0.4, -0.2) is 21.5 Å². The van der Waals surface area contributed by atoms with Gasteiger partial charge in [-0.1, -0.05) is 12.1 Å². The second-order valence-electron chi connectivity index (χ2n) is 3.76. The summed E-state index contributed by atoms with van der Waals surface area (Å²) in [7, 11) is 0. The van der Waals surface area contributed by atoms with Crippen LogP contribution in [0.25, 0.3) is 0 Å². The van der Waals surface area contributed by atoms with E-state index < -0.39 is 0 Å². The van der Waals surface area contributed by atoms with Crippen LogP contribution in [0.4, 0.5) is 5.95 Å². The van der Waals surface area contributed by atoms with E-state index in [2.05, 4.69) is 10.2 Å². The Morgan fingerprint density at radius 2 is 2.18 bits per heavy atom. The molecule has 0 unspecified atom stereocenters. The Morgan fingerprint density at radius 3 is 2.82 bits per heavy atom. The molecule has 6 nitrogen and oxygen atoms in total. The number of anilines is 1. The SMILES string of the molecule is Cc1cccc(OCCc2nnc(N)n2N)c1. The lowest BCUT2D eigenvalue weighted by molar-refractivity contribution is 0.317. The van der Waals surface area contributed by atoms with Gasteiger partial charge in [0.2, 0.25) is 5.95 Å². The van der Waals surface area contributed by atoms with E-state index in [9.17, 15) is 0 Å². The van der Waals surface area contributed by atoms with Gasteiger partial charge in [0.15, 0.2) is 5.82 Å². The monoisotopic (exact) mass is 233 g/mol. The number of nitrogens with two attached hydrogens (primary N) is 2. The molecule has 17 heavy (non-hydrogen) atoms. The van der Waals surface area contributed by atoms with Crippen LogP contribution in [-0.2, 0) is 6.42 Å². The highest BCUT2D eigenvalue weighted by atomic mass is 16.5. The Labute approximate surface area is 99.2 Å². The van der Waals surface area contributed by atoms with Gasteiger partial charge < -0.3 is 16.3 Å². The number of nitrogen functional groups attached to an aromatic ring is 2. The van der Waals surface area contributed by atoms with Crippen LogP contribution in [0.5, 0.6) is 5.75 Å². The fourth-order valence-corrected chi connectivity index (χ4v) is 1.47. The molecule has 6 heteroatoms. The summed E-state index contributed by atoms with van der Waals surface area (Å²) in [5.74, 6) is 7.26. The molecule has 0 bridgehead atoms. The Bertz CT molecular complexity index is 508. The van der Waals surface area contributed by atoms with E-state index in [1.54, 1.807) is 0 Å². The van der Waals surface area contributed by atoms with E-state index in [1.807, 2.05) is 31.2 Å². The van der Waals surface area contributed by atoms with Crippen molar-refractivity contribution < 1.29 is 4.74 Å². The minimum Gasteiger partial charge on any atom is -0.493 e. The third-order valence-electron chi connectivity index (χ3n) is 2.38. The summed E-state index contributed by atoms with van der Waals surface area (Å²) >= 11 is 0. The van der Waals surface area contributed by atoms with Crippen molar-refractivity contribution in [2.45, 2.75) is 13.3 Å². The highest BCUT2D eigenvalue weighted by molar-refractivity contribution is 5.27. The van der Waals surface area contributed by atoms with E-state index in [0.29, 0.717) is 18.9 Å². The van der Waals surface area contributed by atoms with Crippen LogP contribution >= 0.6 is 0 Å². The van der Waals surface area contributed by atoms with Crippen molar-refractivity contribution in [3.63, 3.8) is 0 Å². The van der Waals surface area contributed by atoms with Gasteiger partial charge >= 0.3 is 0 Å². The molecule has 0 atom stereocenters. The van der Waals surface area contributed by atoms with Gasteiger partial charge in [-0.15, -0.1) is 10.2 Å². The topological polar surface area (TPSA) is 92.0 Å². The van der Waals surface area contributed by atoms with E-state index in [-0.39, 0.29) is 5.95 Å². The first kappa shape index (κ1) is 11.3. The molecular weight excluding hydrogens is 218 g/mol. The first-order chi connectivity index (χ1) is 8.16. The van der Waals surface area contributed by atoms with E-state index in [0.717, 1.165) is 11.3 Å². The average molecular weight is 233 g/mol. The zero-order chi connectivity index (χ0) is 12.3. The van der Waals surface area contributed by atoms with Gasteiger partial charge in [0.1, 0.15) is 5.75 Å². The van der Waals surface area contributed by atoms with Crippen LogP contribution in [0.2, 0.25) is 0 Å². The first-order valence-electron chi connectivity index (χ1n) is 5.31. The summed E-state index contributed by atoms with van der Waals surface area (Å²) in [5, 5.41) is 7.51. The van der Waals surface area contributed by atoms with E-state index in [1.165, 1.54) is 4.68 Å². The standard InChI is InChI=1S/C11H15N5O/c1-8-3-2-4-9(7-8)17-6-5-10-14-15-11(12)16(10)13/h2-4,7H,5-6,13H2,1H3,(H2,12,15). The second kappa shape index (κ2) is 4.73. The number of rotatable bonds is 4. The first-order valence-corrected chi connectivity index (χ1v) is 5.31. The lowest BCUT2D eigenvalue weighted by Gasteiger charge is -2.06. The van der Waals surface area contributed by atoms with Crippen molar-refractivity contribution in [1.29, 1.82) is 0 Å². The van der Waals surface area contributed by atoms with E-state index >= 15 is 0 Å². The molecule has 0 amide bonds. The van der Waals surface area contributed by atoms with Crippen molar-refractivity contribution in [2.24, 2.45) is 0 Å². The molecule has 0 aliphatic rings. The number of aryl methyl sites for hydroxylation is 1. The predicted molar refractivity (Wildman–Crippen MR) is 65.0 cm³/mol. The molecule has 0 spiro atoms. The van der Waals surface area contributed by atoms with Gasteiger partial charge in [-0.3, -0.25) is 0 Å². The molecular formula is C11H15N5O. The molecule has 1 aromatic heterocycles. The number of hydrogen-bond donors (Lipinski definition) is 2. The van der Waals surface area contributed by atoms with Gasteiger partial charge in [0, 0.05) is 6.42 Å². The molecule has 0 aliphatic heterocycles. The normalized spacial score (nSPS) is 10.4. The third kappa shape index (κ3) is 2.66. The molecule has 0 aliphatic carbocycles. The van der Waals surface area contributed by atoms with Gasteiger partial charge in [0.25, 0.3) is 0 Å². The predicted octanol–water partition coefficient (Wildman–Crippen LogP) is 0.504. The summed E-state index contributed by atoms with van der Waals surface area (Å²) < 4.78 is 6.84. The van der Waals surface area contributed by atoms with Gasteiger partial charge in [-0.25, -0.2) is 4.68 Å². The maximum atomic E-state index is 5.62. The minimum atomic E-state index is 0.204. The smallest absolute Gasteiger partial charge is 0.240 e. The van der Waals surface area contributed by atoms with Crippen molar-refractivity contribution in [2.75, 3.05) is 18.2 Å². The van der Waals surface area contributed by atoms with Crippen molar-refractivity contribution >= 4 is 5.95 Å². The van der Waals surface area contributed by atoms with Gasteiger partial charge in [0.05, 0.1) is 6.61 Å². The van der Waals surface area contributed by atoms with Crippen LogP contribution in [0.3, 0.4) is 0 Å². The van der Waals surface area contributed by atoms with Crippen LogP contribution < -0.4 is 16.3 Å². The zero-order valence-electron chi connectivity index (χ0n) is 9.63. The minimum absolute atomic E-state index is 0.204. The quantitative estimate of drug-likeness (QED) is 0.750. The van der Waals surface area contributed by atoms with Crippen molar-refractivity contribution in [3.05, 3.63) is 35.7 Å². The Kier molecular flexibility index (Phi) is 3.13. The van der Waals surface area contributed by atoms with Crippen LogP contribution in [0.15, 0.2) is 24.3 Å². The number of ether oxygens (including phenoxy) is 1. The Balaban J connectivity index is 1.90. The van der Waals surface area contributed by atoms with Gasteiger partial charge in [-0.05, 0) is 24.6 Å². The summed E-state index contributed by atoms with van der Waals surface area (Å²) in [6, 6.07) is 7.86. The number of aromatic nitrogens is 3. The number of benzene rings is 1. The maximum Gasteiger partial charge on any atom is 0.240 e. The average Bonchev–Trinajstić information content (AvgIpc) is 2.61. The maximum absolute atomic E-state index is 5.62. The zero-order valence-corrected chi connectivity index (χ0v) is 9.63. The summed E-state index contributed by atoms with van der Waals surface area (Å²) in [4.78, 5) is 0. The fourth-order valence-electron chi connectivity index (χ4n) is 1.47. The largest absolute Gasteiger partial charge is 0.493 e. The molecule has 0 radical (unpaired) electrons. The molecule has 0 saturated heterocycles. The summed E-state index contributed by atoms with van der Waals surface area (Å²) in [6.07, 6.45) is 0.564. The van der Waals surface area contributed by atoms with Crippen molar-refractivity contribution in [1.82, 2.24) is 14.9 Å². The number of nitrogens with zero attached hydrogens (tertiary/aromatic N) is 3. The summed E-state index contributed by atoms with van der Waals surface area (Å²) in [6.45, 7) is 2.50. The lowest BCUT2D eigenvalue weighted by Crippen LogP contribution is -2.17. The Hall–Kier alpha value is -2.24. The van der Waals surface area contributed by atoms with Crippen molar-refractivity contribution in [3.8, 4) is 5.75 Å². The highest BCUT2D eigenvalue weighted by Crippen LogP contribution is 2.12. The highest BCUT2D eigenvalue weighted by Gasteiger charge is 2.06. The third-order valence-corrected chi connectivity index (χ3v) is 2.38. The van der Waals surface area contributed by atoms with Crippen LogP contribution in [0.1, 0.15) is 11.4 Å². The molecule has 90 valence electrons. The number of hydrogen-bond acceptors (Lipinski definition) is 5. The molecule has 0 fully saturated rings.